The number of carbonyl (C=O) groups excluding carboxylic acids is 2. The van der Waals surface area contributed by atoms with Gasteiger partial charge >= 0.3 is 0 Å². The number of amides is 2. The molecular formula is C14H15N3O2. The molecule has 1 aliphatic heterocycles. The first-order chi connectivity index (χ1) is 9.11. The first-order valence-corrected chi connectivity index (χ1v) is 6.20. The minimum atomic E-state index is -0.347. The van der Waals surface area contributed by atoms with Gasteiger partial charge in [-0.2, -0.15) is 5.26 Å². The van der Waals surface area contributed by atoms with E-state index in [0.717, 1.165) is 12.1 Å². The van der Waals surface area contributed by atoms with Gasteiger partial charge in [0.15, 0.2) is 0 Å². The topological polar surface area (TPSA) is 73.2 Å². The van der Waals surface area contributed by atoms with Crippen molar-refractivity contribution in [2.45, 2.75) is 32.2 Å². The zero-order chi connectivity index (χ0) is 13.8. The Bertz CT molecular complexity index is 548. The van der Waals surface area contributed by atoms with Crippen LogP contribution in [-0.2, 0) is 9.59 Å². The zero-order valence-electron chi connectivity index (χ0n) is 10.7. The molecule has 0 aliphatic carbocycles. The van der Waals surface area contributed by atoms with Gasteiger partial charge in [0.2, 0.25) is 11.8 Å². The van der Waals surface area contributed by atoms with Crippen molar-refractivity contribution in [2.75, 3.05) is 10.2 Å². The number of rotatable bonds is 3. The molecule has 1 atom stereocenters. The minimum Gasteiger partial charge on any atom is -0.325 e. The summed E-state index contributed by atoms with van der Waals surface area (Å²) in [6.07, 6.45) is 1.24. The minimum absolute atomic E-state index is 0.105. The summed E-state index contributed by atoms with van der Waals surface area (Å²) in [6.45, 7) is 2.01. The van der Waals surface area contributed by atoms with Crippen LogP contribution < -0.4 is 10.2 Å². The number of benzene rings is 1. The van der Waals surface area contributed by atoms with Crippen molar-refractivity contribution in [1.82, 2.24) is 0 Å². The Morgan fingerprint density at radius 3 is 3.00 bits per heavy atom. The molecule has 2 rings (SSSR count). The van der Waals surface area contributed by atoms with Crippen molar-refractivity contribution in [3.05, 3.63) is 24.3 Å². The molecule has 0 aromatic heterocycles. The van der Waals surface area contributed by atoms with Crippen LogP contribution in [0.1, 0.15) is 26.2 Å². The molecule has 0 bridgehead atoms. The Kier molecular flexibility index (Phi) is 3.81. The van der Waals surface area contributed by atoms with Crippen LogP contribution in [-0.4, -0.2) is 17.9 Å². The summed E-state index contributed by atoms with van der Waals surface area (Å²) in [6, 6.07) is 9.11. The van der Waals surface area contributed by atoms with Crippen LogP contribution in [0.3, 0.4) is 0 Å². The highest BCUT2D eigenvalue weighted by atomic mass is 16.2. The summed E-state index contributed by atoms with van der Waals surface area (Å²) in [7, 11) is 0. The fourth-order valence-corrected chi connectivity index (χ4v) is 2.24. The average molecular weight is 257 g/mol. The maximum Gasteiger partial charge on any atom is 0.238 e. The highest BCUT2D eigenvalue weighted by Crippen LogP contribution is 2.28. The van der Waals surface area contributed by atoms with Crippen LogP contribution in [0.25, 0.3) is 0 Å². The van der Waals surface area contributed by atoms with E-state index in [1.807, 2.05) is 13.0 Å². The predicted octanol–water partition coefficient (Wildman–Crippen LogP) is 2.05. The van der Waals surface area contributed by atoms with Gasteiger partial charge in [-0.25, -0.2) is 0 Å². The van der Waals surface area contributed by atoms with Gasteiger partial charge < -0.3 is 10.2 Å². The third-order valence-electron chi connectivity index (χ3n) is 3.13. The Hall–Kier alpha value is -2.35. The molecule has 1 aliphatic rings. The Morgan fingerprint density at radius 1 is 1.58 bits per heavy atom. The molecule has 0 saturated carbocycles. The van der Waals surface area contributed by atoms with E-state index < -0.39 is 0 Å². The zero-order valence-corrected chi connectivity index (χ0v) is 10.7. The van der Waals surface area contributed by atoms with Crippen molar-refractivity contribution in [2.24, 2.45) is 0 Å². The Morgan fingerprint density at radius 2 is 2.37 bits per heavy atom. The summed E-state index contributed by atoms with van der Waals surface area (Å²) < 4.78 is 0. The number of anilines is 2. The molecule has 1 aromatic carbocycles. The van der Waals surface area contributed by atoms with Crippen molar-refractivity contribution in [3.63, 3.8) is 0 Å². The molecule has 2 amide bonds. The summed E-state index contributed by atoms with van der Waals surface area (Å²) in [5, 5.41) is 11.1. The number of nitriles is 1. The van der Waals surface area contributed by atoms with E-state index in [0.29, 0.717) is 12.1 Å². The molecule has 1 fully saturated rings. The predicted molar refractivity (Wildman–Crippen MR) is 71.5 cm³/mol. The smallest absolute Gasteiger partial charge is 0.238 e. The lowest BCUT2D eigenvalue weighted by Crippen LogP contribution is -2.30. The molecule has 1 heterocycles. The molecular weight excluding hydrogens is 242 g/mol. The van der Waals surface area contributed by atoms with E-state index in [9.17, 15) is 9.59 Å². The highest BCUT2D eigenvalue weighted by molar-refractivity contribution is 5.97. The van der Waals surface area contributed by atoms with Crippen LogP contribution in [0.4, 0.5) is 11.4 Å². The number of carbonyl (C=O) groups is 2. The van der Waals surface area contributed by atoms with Crippen LogP contribution in [0, 0.1) is 11.3 Å². The van der Waals surface area contributed by atoms with Gasteiger partial charge in [0.25, 0.3) is 0 Å². The van der Waals surface area contributed by atoms with E-state index in [4.69, 9.17) is 5.26 Å². The monoisotopic (exact) mass is 257 g/mol. The fraction of sp³-hybridized carbons (Fsp3) is 0.357. The molecule has 5 nitrogen and oxygen atoms in total. The van der Waals surface area contributed by atoms with Crippen molar-refractivity contribution in [1.29, 1.82) is 5.26 Å². The second-order valence-electron chi connectivity index (χ2n) is 4.58. The van der Waals surface area contributed by atoms with E-state index in [-0.39, 0.29) is 24.3 Å². The van der Waals surface area contributed by atoms with Crippen molar-refractivity contribution >= 4 is 23.2 Å². The largest absolute Gasteiger partial charge is 0.325 e. The summed E-state index contributed by atoms with van der Waals surface area (Å²) in [5.74, 6) is -0.242. The van der Waals surface area contributed by atoms with E-state index in [1.165, 1.54) is 0 Å². The first-order valence-electron chi connectivity index (χ1n) is 6.20. The van der Waals surface area contributed by atoms with Gasteiger partial charge in [-0.3, -0.25) is 9.59 Å². The molecule has 0 radical (unpaired) electrons. The maximum absolute atomic E-state index is 11.8. The molecule has 19 heavy (non-hydrogen) atoms. The Labute approximate surface area is 111 Å². The van der Waals surface area contributed by atoms with E-state index >= 15 is 0 Å². The first kappa shape index (κ1) is 13.1. The van der Waals surface area contributed by atoms with Crippen LogP contribution in [0.15, 0.2) is 24.3 Å². The summed E-state index contributed by atoms with van der Waals surface area (Å²) in [5.41, 5.74) is 1.38. The van der Waals surface area contributed by atoms with Crippen LogP contribution >= 0.6 is 0 Å². The average Bonchev–Trinajstić information content (AvgIpc) is 2.69. The number of nitrogens with one attached hydrogen (secondary N) is 1. The second-order valence-corrected chi connectivity index (χ2v) is 4.58. The van der Waals surface area contributed by atoms with Gasteiger partial charge in [-0.05, 0) is 31.5 Å². The lowest BCUT2D eigenvalue weighted by atomic mass is 10.2. The standard InChI is InChI=1S/C14H15N3O2/c1-10-5-6-14(19)17(10)12-4-2-3-11(9-12)16-13(18)7-8-15/h2-4,9-10H,5-7H2,1H3,(H,16,18). The molecule has 1 saturated heterocycles. The number of hydrogen-bond acceptors (Lipinski definition) is 3. The lowest BCUT2D eigenvalue weighted by molar-refractivity contribution is -0.117. The van der Waals surface area contributed by atoms with E-state index in [1.54, 1.807) is 29.2 Å². The van der Waals surface area contributed by atoms with Gasteiger partial charge in [0, 0.05) is 23.8 Å². The van der Waals surface area contributed by atoms with Gasteiger partial charge in [-0.15, -0.1) is 0 Å². The van der Waals surface area contributed by atoms with Crippen molar-refractivity contribution < 1.29 is 9.59 Å². The fourth-order valence-electron chi connectivity index (χ4n) is 2.24. The van der Waals surface area contributed by atoms with Crippen LogP contribution in [0.2, 0.25) is 0 Å². The van der Waals surface area contributed by atoms with Gasteiger partial charge in [0.05, 0.1) is 6.07 Å². The van der Waals surface area contributed by atoms with Gasteiger partial charge in [-0.1, -0.05) is 6.07 Å². The third kappa shape index (κ3) is 2.91. The third-order valence-corrected chi connectivity index (χ3v) is 3.13. The number of nitrogens with zero attached hydrogens (tertiary/aromatic N) is 2. The van der Waals surface area contributed by atoms with Crippen molar-refractivity contribution in [3.8, 4) is 6.07 Å². The SMILES string of the molecule is CC1CCC(=O)N1c1cccc(NC(=O)CC#N)c1. The molecule has 5 heteroatoms. The lowest BCUT2D eigenvalue weighted by Gasteiger charge is -2.22. The molecule has 1 N–H and O–H groups in total. The second kappa shape index (κ2) is 5.53. The number of hydrogen-bond donors (Lipinski definition) is 1. The normalized spacial score (nSPS) is 18.2. The summed E-state index contributed by atoms with van der Waals surface area (Å²) in [4.78, 5) is 24.9. The molecule has 0 spiro atoms. The van der Waals surface area contributed by atoms with Crippen LogP contribution in [0.5, 0.6) is 0 Å². The summed E-state index contributed by atoms with van der Waals surface area (Å²) >= 11 is 0. The van der Waals surface area contributed by atoms with E-state index in [2.05, 4.69) is 5.32 Å². The Balaban J connectivity index is 2.18. The molecule has 1 unspecified atom stereocenters. The maximum atomic E-state index is 11.8. The molecule has 1 aromatic rings. The quantitative estimate of drug-likeness (QED) is 0.900. The van der Waals surface area contributed by atoms with Gasteiger partial charge in [0.1, 0.15) is 6.42 Å². The highest BCUT2D eigenvalue weighted by Gasteiger charge is 2.28. The molecule has 98 valence electrons.